The summed E-state index contributed by atoms with van der Waals surface area (Å²) in [7, 11) is 0. The number of carbonyl (C=O) groups excluding carboxylic acids is 2. The van der Waals surface area contributed by atoms with Gasteiger partial charge >= 0.3 is 0 Å². The van der Waals surface area contributed by atoms with E-state index >= 15 is 0 Å². The molecule has 1 aromatic heterocycles. The van der Waals surface area contributed by atoms with Crippen LogP contribution < -0.4 is 10.6 Å². The zero-order chi connectivity index (χ0) is 9.52. The van der Waals surface area contributed by atoms with Gasteiger partial charge in [-0.3, -0.25) is 14.7 Å². The molecular formula is C7H10N4O2. The predicted molar refractivity (Wildman–Crippen MR) is 44.6 cm³/mol. The van der Waals surface area contributed by atoms with Gasteiger partial charge in [0.15, 0.2) is 0 Å². The van der Waals surface area contributed by atoms with E-state index in [2.05, 4.69) is 20.8 Å². The second-order valence-electron chi connectivity index (χ2n) is 2.38. The summed E-state index contributed by atoms with van der Waals surface area (Å²) in [5.74, 6) is 0. The van der Waals surface area contributed by atoms with Gasteiger partial charge in [-0.15, -0.1) is 0 Å². The third-order valence-electron chi connectivity index (χ3n) is 1.57. The van der Waals surface area contributed by atoms with Crippen LogP contribution in [0.15, 0.2) is 12.3 Å². The molecule has 6 nitrogen and oxygen atoms in total. The Hall–Kier alpha value is -1.85. The molecule has 1 atom stereocenters. The van der Waals surface area contributed by atoms with E-state index in [0.717, 1.165) is 5.69 Å². The maximum absolute atomic E-state index is 10.2. The van der Waals surface area contributed by atoms with Crippen LogP contribution in [0.3, 0.4) is 0 Å². The second-order valence-corrected chi connectivity index (χ2v) is 2.38. The summed E-state index contributed by atoms with van der Waals surface area (Å²) in [5.41, 5.74) is 0.751. The molecule has 13 heavy (non-hydrogen) atoms. The summed E-state index contributed by atoms with van der Waals surface area (Å²) in [6, 6.07) is 1.47. The molecule has 0 radical (unpaired) electrons. The van der Waals surface area contributed by atoms with E-state index < -0.39 is 0 Å². The number of hydrogen-bond donors (Lipinski definition) is 3. The summed E-state index contributed by atoms with van der Waals surface area (Å²) in [5, 5.41) is 11.5. The first-order valence-corrected chi connectivity index (χ1v) is 3.74. The minimum absolute atomic E-state index is 0.259. The molecule has 3 N–H and O–H groups in total. The molecule has 0 aliphatic carbocycles. The van der Waals surface area contributed by atoms with Gasteiger partial charge in [-0.2, -0.15) is 5.10 Å². The lowest BCUT2D eigenvalue weighted by molar-refractivity contribution is -0.111. The monoisotopic (exact) mass is 182 g/mol. The number of nitrogens with one attached hydrogen (secondary N) is 3. The molecule has 0 saturated carbocycles. The van der Waals surface area contributed by atoms with Crippen LogP contribution in [0.2, 0.25) is 0 Å². The van der Waals surface area contributed by atoms with Gasteiger partial charge in [0.2, 0.25) is 12.8 Å². The maximum atomic E-state index is 10.2. The molecule has 1 aromatic rings. The lowest BCUT2D eigenvalue weighted by Gasteiger charge is -2.12. The average molecular weight is 182 g/mol. The van der Waals surface area contributed by atoms with Crippen molar-refractivity contribution < 1.29 is 9.59 Å². The highest BCUT2D eigenvalue weighted by Gasteiger charge is 2.10. The van der Waals surface area contributed by atoms with Crippen LogP contribution in [-0.4, -0.2) is 29.6 Å². The highest BCUT2D eigenvalue weighted by atomic mass is 16.1. The van der Waals surface area contributed by atoms with Crippen molar-refractivity contribution in [3.05, 3.63) is 18.0 Å². The molecule has 0 saturated heterocycles. The Bertz CT molecular complexity index is 259. The molecule has 1 rings (SSSR count). The van der Waals surface area contributed by atoms with Crippen LogP contribution in [0, 0.1) is 0 Å². The topological polar surface area (TPSA) is 86.9 Å². The summed E-state index contributed by atoms with van der Waals surface area (Å²) in [6.07, 6.45) is 2.74. The number of aromatic amines is 1. The van der Waals surface area contributed by atoms with Crippen LogP contribution in [0.4, 0.5) is 0 Å². The van der Waals surface area contributed by atoms with Gasteiger partial charge in [-0.05, 0) is 6.07 Å². The smallest absolute Gasteiger partial charge is 0.207 e. The summed E-state index contributed by atoms with van der Waals surface area (Å²) in [4.78, 5) is 20.2. The largest absolute Gasteiger partial charge is 0.356 e. The molecule has 0 fully saturated rings. The van der Waals surface area contributed by atoms with Crippen molar-refractivity contribution in [1.82, 2.24) is 20.8 Å². The van der Waals surface area contributed by atoms with Crippen molar-refractivity contribution in [2.24, 2.45) is 0 Å². The molecular weight excluding hydrogens is 172 g/mol. The first kappa shape index (κ1) is 9.24. The number of hydrogen-bond acceptors (Lipinski definition) is 3. The molecule has 1 heterocycles. The van der Waals surface area contributed by atoms with Gasteiger partial charge < -0.3 is 10.6 Å². The molecule has 0 spiro atoms. The van der Waals surface area contributed by atoms with Crippen molar-refractivity contribution in [2.45, 2.75) is 6.04 Å². The zero-order valence-electron chi connectivity index (χ0n) is 6.86. The number of nitrogens with zero attached hydrogens (tertiary/aromatic N) is 1. The molecule has 6 heteroatoms. The van der Waals surface area contributed by atoms with Crippen molar-refractivity contribution in [3.8, 4) is 0 Å². The second kappa shape index (κ2) is 4.91. The Balaban J connectivity index is 2.56. The van der Waals surface area contributed by atoms with Crippen LogP contribution in [0.5, 0.6) is 0 Å². The van der Waals surface area contributed by atoms with Gasteiger partial charge in [-0.25, -0.2) is 0 Å². The fraction of sp³-hybridized carbons (Fsp3) is 0.286. The summed E-state index contributed by atoms with van der Waals surface area (Å²) < 4.78 is 0. The minimum Gasteiger partial charge on any atom is -0.356 e. The third-order valence-corrected chi connectivity index (χ3v) is 1.57. The molecule has 2 amide bonds. The van der Waals surface area contributed by atoms with Gasteiger partial charge in [0.05, 0.1) is 11.7 Å². The van der Waals surface area contributed by atoms with Crippen LogP contribution >= 0.6 is 0 Å². The molecule has 1 unspecified atom stereocenters. The van der Waals surface area contributed by atoms with E-state index in [1.165, 1.54) is 0 Å². The highest BCUT2D eigenvalue weighted by molar-refractivity contribution is 5.49. The highest BCUT2D eigenvalue weighted by Crippen LogP contribution is 2.05. The van der Waals surface area contributed by atoms with Crippen molar-refractivity contribution in [3.63, 3.8) is 0 Å². The van der Waals surface area contributed by atoms with E-state index in [9.17, 15) is 9.59 Å². The Labute approximate surface area is 74.7 Å². The SMILES string of the molecule is O=CNCC(NC=O)c1ccn[nH]1. The van der Waals surface area contributed by atoms with E-state index in [4.69, 9.17) is 0 Å². The number of carbonyl (C=O) groups is 2. The average Bonchev–Trinajstić information content (AvgIpc) is 2.65. The lowest BCUT2D eigenvalue weighted by Crippen LogP contribution is -2.30. The van der Waals surface area contributed by atoms with E-state index in [1.807, 2.05) is 0 Å². The summed E-state index contributed by atoms with van der Waals surface area (Å²) in [6.45, 7) is 0.338. The Kier molecular flexibility index (Phi) is 3.49. The predicted octanol–water partition coefficient (Wildman–Crippen LogP) is -1.06. The standard InChI is InChI=1S/C7H10N4O2/c12-4-8-3-7(9-5-13)6-1-2-10-11-6/h1-2,4-5,7H,3H2,(H,8,12)(H,9,13)(H,10,11). The van der Waals surface area contributed by atoms with E-state index in [0.29, 0.717) is 19.4 Å². The fourth-order valence-corrected chi connectivity index (χ4v) is 0.967. The van der Waals surface area contributed by atoms with Crippen LogP contribution in [0.25, 0.3) is 0 Å². The van der Waals surface area contributed by atoms with E-state index in [-0.39, 0.29) is 6.04 Å². The third kappa shape index (κ3) is 2.58. The molecule has 0 aliphatic heterocycles. The molecule has 0 aliphatic rings. The van der Waals surface area contributed by atoms with Crippen molar-refractivity contribution >= 4 is 12.8 Å². The minimum atomic E-state index is -0.259. The molecule has 0 bridgehead atoms. The quantitative estimate of drug-likeness (QED) is 0.490. The molecule has 70 valence electrons. The van der Waals surface area contributed by atoms with E-state index in [1.54, 1.807) is 12.3 Å². The van der Waals surface area contributed by atoms with Gasteiger partial charge in [-0.1, -0.05) is 0 Å². The van der Waals surface area contributed by atoms with Crippen molar-refractivity contribution in [2.75, 3.05) is 6.54 Å². The normalized spacial score (nSPS) is 11.7. The fourth-order valence-electron chi connectivity index (χ4n) is 0.967. The number of amides is 2. The first-order valence-electron chi connectivity index (χ1n) is 3.74. The van der Waals surface area contributed by atoms with Crippen molar-refractivity contribution in [1.29, 1.82) is 0 Å². The van der Waals surface area contributed by atoms with Gasteiger partial charge in [0.25, 0.3) is 0 Å². The number of H-pyrrole nitrogens is 1. The number of rotatable bonds is 6. The van der Waals surface area contributed by atoms with Gasteiger partial charge in [0, 0.05) is 12.7 Å². The van der Waals surface area contributed by atoms with Gasteiger partial charge in [0.1, 0.15) is 0 Å². The Morgan fingerprint density at radius 2 is 2.38 bits per heavy atom. The molecule has 0 aromatic carbocycles. The Morgan fingerprint density at radius 3 is 2.92 bits per heavy atom. The maximum Gasteiger partial charge on any atom is 0.207 e. The summed E-state index contributed by atoms with van der Waals surface area (Å²) >= 11 is 0. The van der Waals surface area contributed by atoms with Crippen LogP contribution in [0.1, 0.15) is 11.7 Å². The lowest BCUT2D eigenvalue weighted by atomic mass is 10.2. The van der Waals surface area contributed by atoms with Crippen LogP contribution in [-0.2, 0) is 9.59 Å². The number of aromatic nitrogens is 2. The first-order chi connectivity index (χ1) is 6.38. The Morgan fingerprint density at radius 1 is 1.54 bits per heavy atom. The zero-order valence-corrected chi connectivity index (χ0v) is 6.86.